The second-order valence-corrected chi connectivity index (χ2v) is 7.34. The standard InChI is InChI=1S/C18H28N2/c1-14(2)16-6-4-5-15-11-20(10-7-17(15)16)13-18(3)8-9-19-12-18/h4-6,14,19H,7-13H2,1-3H3. The van der Waals surface area contributed by atoms with Gasteiger partial charge in [-0.15, -0.1) is 0 Å². The second-order valence-electron chi connectivity index (χ2n) is 7.34. The summed E-state index contributed by atoms with van der Waals surface area (Å²) in [4.78, 5) is 2.67. The van der Waals surface area contributed by atoms with Crippen molar-refractivity contribution in [2.24, 2.45) is 5.41 Å². The second kappa shape index (κ2) is 5.50. The van der Waals surface area contributed by atoms with Gasteiger partial charge in [0.25, 0.3) is 0 Å². The van der Waals surface area contributed by atoms with Crippen LogP contribution in [0.15, 0.2) is 18.2 Å². The van der Waals surface area contributed by atoms with Gasteiger partial charge in [0, 0.05) is 26.2 Å². The van der Waals surface area contributed by atoms with E-state index in [1.54, 1.807) is 16.7 Å². The van der Waals surface area contributed by atoms with E-state index in [0.717, 1.165) is 6.54 Å². The highest BCUT2D eigenvalue weighted by molar-refractivity contribution is 5.38. The number of hydrogen-bond acceptors (Lipinski definition) is 2. The largest absolute Gasteiger partial charge is 0.316 e. The van der Waals surface area contributed by atoms with Crippen LogP contribution >= 0.6 is 0 Å². The van der Waals surface area contributed by atoms with E-state index in [1.807, 2.05) is 0 Å². The van der Waals surface area contributed by atoms with Gasteiger partial charge in [0.1, 0.15) is 0 Å². The first-order valence-electron chi connectivity index (χ1n) is 8.11. The number of nitrogens with zero attached hydrogens (tertiary/aromatic N) is 1. The van der Waals surface area contributed by atoms with E-state index in [0.29, 0.717) is 11.3 Å². The average Bonchev–Trinajstić information content (AvgIpc) is 2.84. The first-order chi connectivity index (χ1) is 9.57. The van der Waals surface area contributed by atoms with Crippen molar-refractivity contribution in [1.29, 1.82) is 0 Å². The number of benzene rings is 1. The molecule has 1 saturated heterocycles. The Morgan fingerprint density at radius 2 is 2.20 bits per heavy atom. The van der Waals surface area contributed by atoms with Gasteiger partial charge >= 0.3 is 0 Å². The van der Waals surface area contributed by atoms with Crippen molar-refractivity contribution in [3.8, 4) is 0 Å². The first-order valence-corrected chi connectivity index (χ1v) is 8.11. The van der Waals surface area contributed by atoms with Gasteiger partial charge in [-0.3, -0.25) is 4.90 Å². The highest BCUT2D eigenvalue weighted by Crippen LogP contribution is 2.31. The fourth-order valence-electron chi connectivity index (χ4n) is 3.92. The predicted octanol–water partition coefficient (Wildman–Crippen LogP) is 3.17. The molecule has 2 heteroatoms. The van der Waals surface area contributed by atoms with Crippen molar-refractivity contribution >= 4 is 0 Å². The molecule has 0 saturated carbocycles. The van der Waals surface area contributed by atoms with Crippen molar-refractivity contribution in [3.63, 3.8) is 0 Å². The fourth-order valence-corrected chi connectivity index (χ4v) is 3.92. The third kappa shape index (κ3) is 2.77. The van der Waals surface area contributed by atoms with Crippen LogP contribution in [-0.2, 0) is 13.0 Å². The fraction of sp³-hybridized carbons (Fsp3) is 0.667. The average molecular weight is 272 g/mol. The Hall–Kier alpha value is -0.860. The van der Waals surface area contributed by atoms with Crippen LogP contribution in [0.4, 0.5) is 0 Å². The number of rotatable bonds is 3. The van der Waals surface area contributed by atoms with Gasteiger partial charge in [0.2, 0.25) is 0 Å². The normalized spacial score (nSPS) is 27.0. The summed E-state index contributed by atoms with van der Waals surface area (Å²) in [6, 6.07) is 6.90. The molecule has 2 aliphatic heterocycles. The molecule has 0 aromatic heterocycles. The van der Waals surface area contributed by atoms with Gasteiger partial charge in [0.15, 0.2) is 0 Å². The number of fused-ring (bicyclic) bond motifs is 1. The van der Waals surface area contributed by atoms with Gasteiger partial charge < -0.3 is 5.32 Å². The molecular formula is C18H28N2. The quantitative estimate of drug-likeness (QED) is 0.909. The smallest absolute Gasteiger partial charge is 0.0236 e. The minimum atomic E-state index is 0.479. The van der Waals surface area contributed by atoms with Gasteiger partial charge in [-0.25, -0.2) is 0 Å². The molecule has 110 valence electrons. The molecule has 20 heavy (non-hydrogen) atoms. The molecule has 0 spiro atoms. The summed E-state index contributed by atoms with van der Waals surface area (Å²) in [7, 11) is 0. The zero-order valence-electron chi connectivity index (χ0n) is 13.2. The minimum absolute atomic E-state index is 0.479. The summed E-state index contributed by atoms with van der Waals surface area (Å²) in [6.45, 7) is 13.1. The minimum Gasteiger partial charge on any atom is -0.316 e. The van der Waals surface area contributed by atoms with Crippen LogP contribution in [0.3, 0.4) is 0 Å². The lowest BCUT2D eigenvalue weighted by Crippen LogP contribution is -2.40. The van der Waals surface area contributed by atoms with Crippen molar-refractivity contribution in [2.45, 2.75) is 46.1 Å². The topological polar surface area (TPSA) is 15.3 Å². The van der Waals surface area contributed by atoms with Crippen LogP contribution in [0, 0.1) is 5.41 Å². The summed E-state index contributed by atoms with van der Waals surface area (Å²) in [6.07, 6.45) is 2.55. The monoisotopic (exact) mass is 272 g/mol. The maximum atomic E-state index is 3.52. The predicted molar refractivity (Wildman–Crippen MR) is 85.1 cm³/mol. The maximum absolute atomic E-state index is 3.52. The molecule has 1 unspecified atom stereocenters. The van der Waals surface area contributed by atoms with Crippen LogP contribution in [0.2, 0.25) is 0 Å². The van der Waals surface area contributed by atoms with E-state index >= 15 is 0 Å². The third-order valence-corrected chi connectivity index (χ3v) is 5.07. The van der Waals surface area contributed by atoms with E-state index in [2.05, 4.69) is 49.2 Å². The molecule has 2 aliphatic rings. The molecule has 2 nitrogen and oxygen atoms in total. The number of nitrogens with one attached hydrogen (secondary N) is 1. The summed E-state index contributed by atoms with van der Waals surface area (Å²) in [5.41, 5.74) is 5.24. The zero-order valence-corrected chi connectivity index (χ0v) is 13.2. The van der Waals surface area contributed by atoms with E-state index in [4.69, 9.17) is 0 Å². The Morgan fingerprint density at radius 3 is 2.90 bits per heavy atom. The lowest BCUT2D eigenvalue weighted by atomic mass is 9.86. The highest BCUT2D eigenvalue weighted by atomic mass is 15.1. The SMILES string of the molecule is CC(C)c1cccc2c1CCN(CC1(C)CCNC1)C2. The molecule has 1 N–H and O–H groups in total. The lowest BCUT2D eigenvalue weighted by molar-refractivity contribution is 0.164. The van der Waals surface area contributed by atoms with Gasteiger partial charge in [-0.05, 0) is 47.4 Å². The van der Waals surface area contributed by atoms with Crippen molar-refractivity contribution in [1.82, 2.24) is 10.2 Å². The first kappa shape index (κ1) is 14.1. The molecule has 2 heterocycles. The molecule has 1 atom stereocenters. The van der Waals surface area contributed by atoms with Gasteiger partial charge in [0.05, 0.1) is 0 Å². The lowest BCUT2D eigenvalue weighted by Gasteiger charge is -2.36. The summed E-state index contributed by atoms with van der Waals surface area (Å²) in [5, 5.41) is 3.52. The van der Waals surface area contributed by atoms with Gasteiger partial charge in [-0.1, -0.05) is 39.0 Å². The third-order valence-electron chi connectivity index (χ3n) is 5.07. The Balaban J connectivity index is 1.74. The Morgan fingerprint density at radius 1 is 1.35 bits per heavy atom. The van der Waals surface area contributed by atoms with E-state index in [9.17, 15) is 0 Å². The van der Waals surface area contributed by atoms with E-state index < -0.39 is 0 Å². The molecule has 1 aromatic rings. The van der Waals surface area contributed by atoms with Crippen LogP contribution in [0.1, 0.15) is 49.8 Å². The summed E-state index contributed by atoms with van der Waals surface area (Å²) < 4.78 is 0. The van der Waals surface area contributed by atoms with Crippen molar-refractivity contribution < 1.29 is 0 Å². The Bertz CT molecular complexity index is 472. The molecule has 1 fully saturated rings. The van der Waals surface area contributed by atoms with Crippen LogP contribution in [-0.4, -0.2) is 31.1 Å². The molecule has 0 aliphatic carbocycles. The Labute approximate surface area is 123 Å². The molecule has 0 radical (unpaired) electrons. The molecule has 1 aromatic carbocycles. The van der Waals surface area contributed by atoms with Gasteiger partial charge in [-0.2, -0.15) is 0 Å². The summed E-state index contributed by atoms with van der Waals surface area (Å²) >= 11 is 0. The van der Waals surface area contributed by atoms with E-state index in [-0.39, 0.29) is 0 Å². The molecular weight excluding hydrogens is 244 g/mol. The molecule has 0 amide bonds. The van der Waals surface area contributed by atoms with Crippen LogP contribution in [0.25, 0.3) is 0 Å². The molecule has 3 rings (SSSR count). The van der Waals surface area contributed by atoms with E-state index in [1.165, 1.54) is 39.0 Å². The number of hydrogen-bond donors (Lipinski definition) is 1. The van der Waals surface area contributed by atoms with Crippen LogP contribution in [0.5, 0.6) is 0 Å². The van der Waals surface area contributed by atoms with Crippen molar-refractivity contribution in [2.75, 3.05) is 26.2 Å². The summed E-state index contributed by atoms with van der Waals surface area (Å²) in [5.74, 6) is 0.646. The maximum Gasteiger partial charge on any atom is 0.0236 e. The van der Waals surface area contributed by atoms with Crippen LogP contribution < -0.4 is 5.32 Å². The zero-order chi connectivity index (χ0) is 14.2. The molecule has 0 bridgehead atoms. The highest BCUT2D eigenvalue weighted by Gasteiger charge is 2.32. The van der Waals surface area contributed by atoms with Crippen molar-refractivity contribution in [3.05, 3.63) is 34.9 Å². The Kier molecular flexibility index (Phi) is 3.87.